The van der Waals surface area contributed by atoms with Crippen LogP contribution in [0.15, 0.2) is 6.20 Å². The van der Waals surface area contributed by atoms with Gasteiger partial charge in [-0.05, 0) is 19.8 Å². The van der Waals surface area contributed by atoms with E-state index in [0.717, 1.165) is 9.78 Å². The van der Waals surface area contributed by atoms with Gasteiger partial charge in [0.1, 0.15) is 12.1 Å². The molecule has 21 heavy (non-hydrogen) atoms. The van der Waals surface area contributed by atoms with Crippen molar-refractivity contribution in [1.29, 1.82) is 0 Å². The van der Waals surface area contributed by atoms with Crippen LogP contribution in [0.2, 0.25) is 0 Å². The normalized spacial score (nSPS) is 17.0. The predicted octanol–water partition coefficient (Wildman–Crippen LogP) is 1.50. The topological polar surface area (TPSA) is 91.4 Å². The minimum Gasteiger partial charge on any atom is -0.323 e. The summed E-state index contributed by atoms with van der Waals surface area (Å²) >= 11 is 1.34. The summed E-state index contributed by atoms with van der Waals surface area (Å²) in [7, 11) is 0. The fraction of sp³-hybridized carbons (Fsp3) is 0.538. The van der Waals surface area contributed by atoms with Crippen LogP contribution in [0.5, 0.6) is 0 Å². The summed E-state index contributed by atoms with van der Waals surface area (Å²) in [5.41, 5.74) is -0.880. The van der Waals surface area contributed by atoms with Crippen molar-refractivity contribution in [3.8, 4) is 0 Å². The number of urea groups is 1. The summed E-state index contributed by atoms with van der Waals surface area (Å²) < 4.78 is 0. The third kappa shape index (κ3) is 2.90. The third-order valence-electron chi connectivity index (χ3n) is 3.62. The first-order valence-electron chi connectivity index (χ1n) is 6.78. The monoisotopic (exact) mass is 310 g/mol. The Hall–Kier alpha value is -1.96. The fourth-order valence-electron chi connectivity index (χ4n) is 2.26. The maximum atomic E-state index is 12.3. The molecule has 4 amide bonds. The number of thiazole rings is 1. The molecule has 0 atom stereocenters. The second-order valence-corrected chi connectivity index (χ2v) is 6.17. The molecule has 1 aliphatic rings. The summed E-state index contributed by atoms with van der Waals surface area (Å²) in [4.78, 5) is 42.1. The van der Waals surface area contributed by atoms with Crippen molar-refractivity contribution in [2.45, 2.75) is 39.2 Å². The molecule has 0 unspecified atom stereocenters. The van der Waals surface area contributed by atoms with Crippen molar-refractivity contribution in [3.63, 3.8) is 0 Å². The van der Waals surface area contributed by atoms with Crippen LogP contribution in [0.25, 0.3) is 0 Å². The lowest BCUT2D eigenvalue weighted by Crippen LogP contribution is -2.46. The second kappa shape index (κ2) is 5.80. The van der Waals surface area contributed by atoms with Crippen molar-refractivity contribution < 1.29 is 14.4 Å². The van der Waals surface area contributed by atoms with E-state index in [1.54, 1.807) is 6.20 Å². The molecular weight excluding hydrogens is 292 g/mol. The lowest BCUT2D eigenvalue weighted by Gasteiger charge is -2.22. The van der Waals surface area contributed by atoms with Gasteiger partial charge in [0.15, 0.2) is 5.13 Å². The molecule has 1 aliphatic heterocycles. The maximum absolute atomic E-state index is 12.3. The summed E-state index contributed by atoms with van der Waals surface area (Å²) in [6.07, 6.45) is 2.64. The number of imide groups is 1. The largest absolute Gasteiger partial charge is 0.325 e. The van der Waals surface area contributed by atoms with Crippen molar-refractivity contribution in [2.24, 2.45) is 0 Å². The van der Waals surface area contributed by atoms with E-state index in [-0.39, 0.29) is 12.5 Å². The van der Waals surface area contributed by atoms with Crippen LogP contribution >= 0.6 is 11.3 Å². The first kappa shape index (κ1) is 15.4. The molecule has 1 saturated heterocycles. The number of aromatic nitrogens is 1. The van der Waals surface area contributed by atoms with Gasteiger partial charge in [-0.15, -0.1) is 11.3 Å². The Morgan fingerprint density at radius 1 is 1.43 bits per heavy atom. The zero-order valence-electron chi connectivity index (χ0n) is 12.2. The standard InChI is InChI=1S/C13H18N4O3S/c1-4-13(5-2)10(19)17(12(20)16-13)7-9(18)15-11-14-6-8(3)21-11/h6H,4-5,7H2,1-3H3,(H,16,20)(H,14,15,18). The molecule has 0 bridgehead atoms. The van der Waals surface area contributed by atoms with Crippen LogP contribution in [0.4, 0.5) is 9.93 Å². The molecule has 0 radical (unpaired) electrons. The van der Waals surface area contributed by atoms with E-state index in [1.165, 1.54) is 11.3 Å². The third-order valence-corrected chi connectivity index (χ3v) is 4.45. The molecule has 1 aromatic rings. The van der Waals surface area contributed by atoms with Gasteiger partial charge >= 0.3 is 6.03 Å². The van der Waals surface area contributed by atoms with Gasteiger partial charge in [-0.2, -0.15) is 0 Å². The first-order chi connectivity index (χ1) is 9.91. The van der Waals surface area contributed by atoms with Crippen molar-refractivity contribution in [3.05, 3.63) is 11.1 Å². The molecule has 2 heterocycles. The highest BCUT2D eigenvalue weighted by molar-refractivity contribution is 7.15. The zero-order valence-corrected chi connectivity index (χ0v) is 13.0. The highest BCUT2D eigenvalue weighted by Crippen LogP contribution is 2.25. The smallest absolute Gasteiger partial charge is 0.323 e. The number of nitrogens with zero attached hydrogens (tertiary/aromatic N) is 2. The number of carbonyl (C=O) groups is 3. The number of rotatable bonds is 5. The fourth-order valence-corrected chi connectivity index (χ4v) is 2.94. The molecule has 7 nitrogen and oxygen atoms in total. The number of nitrogens with one attached hydrogen (secondary N) is 2. The summed E-state index contributed by atoms with van der Waals surface area (Å²) in [5.74, 6) is -0.779. The molecule has 2 N–H and O–H groups in total. The molecule has 8 heteroatoms. The molecule has 0 aromatic carbocycles. The molecule has 0 spiro atoms. The molecule has 2 rings (SSSR count). The quantitative estimate of drug-likeness (QED) is 0.806. The Bertz CT molecular complexity index is 580. The van der Waals surface area contributed by atoms with E-state index in [9.17, 15) is 14.4 Å². The first-order valence-corrected chi connectivity index (χ1v) is 7.60. The van der Waals surface area contributed by atoms with Crippen LogP contribution in [0.3, 0.4) is 0 Å². The van der Waals surface area contributed by atoms with E-state index in [1.807, 2.05) is 20.8 Å². The van der Waals surface area contributed by atoms with Gasteiger partial charge in [0.2, 0.25) is 5.91 Å². The number of amides is 4. The molecule has 1 fully saturated rings. The van der Waals surface area contributed by atoms with Crippen LogP contribution in [-0.4, -0.2) is 39.8 Å². The Labute approximate surface area is 126 Å². The highest BCUT2D eigenvalue weighted by Gasteiger charge is 2.49. The number of hydrogen-bond acceptors (Lipinski definition) is 5. The highest BCUT2D eigenvalue weighted by atomic mass is 32.1. The van der Waals surface area contributed by atoms with Crippen LogP contribution in [-0.2, 0) is 9.59 Å². The minimum atomic E-state index is -0.880. The summed E-state index contributed by atoms with van der Waals surface area (Å²) in [5, 5.41) is 5.73. The summed E-state index contributed by atoms with van der Waals surface area (Å²) in [6, 6.07) is -0.519. The molecule has 0 aliphatic carbocycles. The van der Waals surface area contributed by atoms with Gasteiger partial charge < -0.3 is 10.6 Å². The van der Waals surface area contributed by atoms with Gasteiger partial charge in [-0.1, -0.05) is 13.8 Å². The van der Waals surface area contributed by atoms with E-state index in [2.05, 4.69) is 15.6 Å². The van der Waals surface area contributed by atoms with E-state index in [0.29, 0.717) is 18.0 Å². The van der Waals surface area contributed by atoms with Crippen molar-refractivity contribution in [2.75, 3.05) is 11.9 Å². The number of hydrogen-bond donors (Lipinski definition) is 2. The predicted molar refractivity (Wildman–Crippen MR) is 79.0 cm³/mol. The van der Waals surface area contributed by atoms with Crippen LogP contribution in [0, 0.1) is 6.92 Å². The van der Waals surface area contributed by atoms with Gasteiger partial charge in [0, 0.05) is 11.1 Å². The molecule has 114 valence electrons. The number of carbonyl (C=O) groups excluding carboxylic acids is 3. The molecule has 0 saturated carbocycles. The average Bonchev–Trinajstić information content (AvgIpc) is 2.95. The lowest BCUT2D eigenvalue weighted by atomic mass is 9.93. The van der Waals surface area contributed by atoms with Crippen molar-refractivity contribution in [1.82, 2.24) is 15.2 Å². The Kier molecular flexibility index (Phi) is 4.26. The summed E-state index contributed by atoms with van der Waals surface area (Å²) in [6.45, 7) is 5.25. The van der Waals surface area contributed by atoms with E-state index >= 15 is 0 Å². The number of anilines is 1. The van der Waals surface area contributed by atoms with Crippen LogP contribution < -0.4 is 10.6 Å². The molecular formula is C13H18N4O3S. The Morgan fingerprint density at radius 3 is 2.57 bits per heavy atom. The van der Waals surface area contributed by atoms with Gasteiger partial charge in [0.05, 0.1) is 0 Å². The van der Waals surface area contributed by atoms with Gasteiger partial charge in [-0.25, -0.2) is 9.78 Å². The van der Waals surface area contributed by atoms with Gasteiger partial charge in [0.25, 0.3) is 5.91 Å². The van der Waals surface area contributed by atoms with Crippen LogP contribution in [0.1, 0.15) is 31.6 Å². The van der Waals surface area contributed by atoms with E-state index in [4.69, 9.17) is 0 Å². The average molecular weight is 310 g/mol. The lowest BCUT2D eigenvalue weighted by molar-refractivity contribution is -0.134. The Balaban J connectivity index is 2.04. The zero-order chi connectivity index (χ0) is 15.6. The van der Waals surface area contributed by atoms with Crippen molar-refractivity contribution >= 4 is 34.3 Å². The van der Waals surface area contributed by atoms with E-state index < -0.39 is 17.5 Å². The van der Waals surface area contributed by atoms with Gasteiger partial charge in [-0.3, -0.25) is 14.5 Å². The second-order valence-electron chi connectivity index (χ2n) is 4.93. The maximum Gasteiger partial charge on any atom is 0.325 e. The Morgan fingerprint density at radius 2 is 2.10 bits per heavy atom. The SMILES string of the molecule is CCC1(CC)NC(=O)N(CC(=O)Nc2ncc(C)s2)C1=O. The molecule has 1 aromatic heterocycles. The number of aryl methyl sites for hydroxylation is 1. The minimum absolute atomic E-state index is 0.301.